The fourth-order valence-electron chi connectivity index (χ4n) is 1.02. The Morgan fingerprint density at radius 1 is 1.47 bits per heavy atom. The third kappa shape index (κ3) is 11.0. The van der Waals surface area contributed by atoms with Gasteiger partial charge in [0, 0.05) is 7.47 Å². The van der Waals surface area contributed by atoms with E-state index < -0.39 is 0 Å². The number of allylic oxidation sites excluding steroid dienone is 3. The number of hydrogen-bond acceptors (Lipinski definition) is 2. The molecule has 0 aliphatic rings. The van der Waals surface area contributed by atoms with Gasteiger partial charge in [-0.05, 0) is 33.2 Å². The average Bonchev–Trinajstić information content (AvgIpc) is 2.28. The van der Waals surface area contributed by atoms with Crippen molar-refractivity contribution in [2.75, 3.05) is 6.54 Å². The molecule has 0 fully saturated rings. The Labute approximate surface area is 95.9 Å². The molecule has 0 aromatic carbocycles. The van der Waals surface area contributed by atoms with Crippen molar-refractivity contribution in [3.8, 4) is 0 Å². The molecule has 0 radical (unpaired) electrons. The Bertz CT molecular complexity index is 190. The van der Waals surface area contributed by atoms with Crippen LogP contribution in [0.15, 0.2) is 23.8 Å². The largest absolute Gasteiger partial charge is 0.311 e. The van der Waals surface area contributed by atoms with Crippen molar-refractivity contribution >= 4 is 6.79 Å². The van der Waals surface area contributed by atoms with E-state index in [-0.39, 0.29) is 1.43 Å². The summed E-state index contributed by atoms with van der Waals surface area (Å²) in [6, 6.07) is 0.501. The van der Waals surface area contributed by atoms with Crippen LogP contribution in [-0.4, -0.2) is 19.4 Å². The van der Waals surface area contributed by atoms with Gasteiger partial charge < -0.3 is 10.1 Å². The fraction of sp³-hybridized carbons (Fsp3) is 0.615. The van der Waals surface area contributed by atoms with Crippen molar-refractivity contribution in [1.29, 1.82) is 0 Å². The second-order valence-corrected chi connectivity index (χ2v) is 3.42. The maximum Gasteiger partial charge on any atom is 0.106 e. The Balaban J connectivity index is -0.000000529. The molecule has 1 N–H and O–H groups in total. The summed E-state index contributed by atoms with van der Waals surface area (Å²) >= 11 is 0. The normalized spacial score (nSPS) is 13.5. The SMILES string of the molecule is C=O.CC/C=C\C=C(/C)C(C)NCCC.[HH]. The molecule has 90 valence electrons. The topological polar surface area (TPSA) is 29.1 Å². The summed E-state index contributed by atoms with van der Waals surface area (Å²) in [5, 5.41) is 3.46. The predicted octanol–water partition coefficient (Wildman–Crippen LogP) is 3.35. The zero-order chi connectivity index (χ0) is 12.1. The zero-order valence-corrected chi connectivity index (χ0v) is 10.5. The van der Waals surface area contributed by atoms with Gasteiger partial charge in [-0.25, -0.2) is 0 Å². The van der Waals surface area contributed by atoms with Crippen LogP contribution in [0.1, 0.15) is 42.0 Å². The number of hydrogen-bond donors (Lipinski definition) is 1. The standard InChI is InChI=1S/C12H23N.CH2O.H2/c1-5-7-8-9-11(3)12(4)13-10-6-2;1-2;/h7-9,12-13H,5-6,10H2,1-4H3;1H2;1H/b8-7-,11-9+;;. The Kier molecular flexibility index (Phi) is 14.5. The molecule has 0 spiro atoms. The van der Waals surface area contributed by atoms with Crippen LogP contribution in [0.2, 0.25) is 0 Å². The molecule has 0 amide bonds. The van der Waals surface area contributed by atoms with E-state index >= 15 is 0 Å². The lowest BCUT2D eigenvalue weighted by Crippen LogP contribution is -2.27. The van der Waals surface area contributed by atoms with E-state index in [2.05, 4.69) is 51.2 Å². The lowest BCUT2D eigenvalue weighted by atomic mass is 10.1. The Morgan fingerprint density at radius 3 is 2.53 bits per heavy atom. The van der Waals surface area contributed by atoms with Crippen LogP contribution in [0.4, 0.5) is 0 Å². The van der Waals surface area contributed by atoms with E-state index in [4.69, 9.17) is 4.79 Å². The molecule has 0 aromatic rings. The first-order chi connectivity index (χ1) is 7.22. The first-order valence-electron chi connectivity index (χ1n) is 5.57. The maximum absolute atomic E-state index is 8.00. The van der Waals surface area contributed by atoms with Gasteiger partial charge in [-0.1, -0.05) is 37.6 Å². The summed E-state index contributed by atoms with van der Waals surface area (Å²) in [5.41, 5.74) is 1.40. The smallest absolute Gasteiger partial charge is 0.106 e. The molecule has 0 rings (SSSR count). The van der Waals surface area contributed by atoms with Gasteiger partial charge in [0.2, 0.25) is 0 Å². The van der Waals surface area contributed by atoms with Crippen LogP contribution in [0.25, 0.3) is 0 Å². The number of carbonyl (C=O) groups is 1. The van der Waals surface area contributed by atoms with Gasteiger partial charge in [-0.3, -0.25) is 0 Å². The lowest BCUT2D eigenvalue weighted by Gasteiger charge is -2.13. The molecule has 0 aliphatic heterocycles. The van der Waals surface area contributed by atoms with E-state index in [0.29, 0.717) is 6.04 Å². The van der Waals surface area contributed by atoms with Crippen molar-refractivity contribution in [2.45, 2.75) is 46.6 Å². The molecule has 0 aromatic heterocycles. The molecular weight excluding hydrogens is 186 g/mol. The van der Waals surface area contributed by atoms with Crippen LogP contribution in [0.3, 0.4) is 0 Å². The lowest BCUT2D eigenvalue weighted by molar-refractivity contribution is -0.0979. The summed E-state index contributed by atoms with van der Waals surface area (Å²) in [6.07, 6.45) is 8.81. The number of rotatable bonds is 6. The average molecular weight is 213 g/mol. The Hall–Kier alpha value is -0.890. The third-order valence-corrected chi connectivity index (χ3v) is 2.11. The van der Waals surface area contributed by atoms with Crippen LogP contribution in [0.5, 0.6) is 0 Å². The van der Waals surface area contributed by atoms with Crippen LogP contribution in [-0.2, 0) is 4.79 Å². The minimum Gasteiger partial charge on any atom is -0.311 e. The second kappa shape index (κ2) is 13.1. The molecule has 1 unspecified atom stereocenters. The van der Waals surface area contributed by atoms with Crippen molar-refractivity contribution in [1.82, 2.24) is 5.32 Å². The highest BCUT2D eigenvalue weighted by Gasteiger charge is 1.99. The van der Waals surface area contributed by atoms with Gasteiger partial charge in [-0.15, -0.1) is 0 Å². The highest BCUT2D eigenvalue weighted by Crippen LogP contribution is 2.00. The maximum atomic E-state index is 8.00. The minimum atomic E-state index is 0. The highest BCUT2D eigenvalue weighted by molar-refractivity contribution is 5.14. The van der Waals surface area contributed by atoms with E-state index in [1.807, 2.05) is 6.79 Å². The van der Waals surface area contributed by atoms with E-state index in [1.54, 1.807) is 0 Å². The van der Waals surface area contributed by atoms with Crippen molar-refractivity contribution in [2.24, 2.45) is 0 Å². The van der Waals surface area contributed by atoms with Crippen LogP contribution >= 0.6 is 0 Å². The summed E-state index contributed by atoms with van der Waals surface area (Å²) in [6.45, 7) is 11.8. The first-order valence-corrected chi connectivity index (χ1v) is 5.57. The first kappa shape index (κ1) is 16.5. The van der Waals surface area contributed by atoms with E-state index in [9.17, 15) is 0 Å². The van der Waals surface area contributed by atoms with Gasteiger partial charge in [0.15, 0.2) is 0 Å². The van der Waals surface area contributed by atoms with Crippen molar-refractivity contribution in [3.05, 3.63) is 23.8 Å². The molecule has 2 heteroatoms. The molecule has 0 saturated carbocycles. The highest BCUT2D eigenvalue weighted by atomic mass is 16.1. The predicted molar refractivity (Wildman–Crippen MR) is 70.2 cm³/mol. The van der Waals surface area contributed by atoms with Crippen LogP contribution < -0.4 is 5.32 Å². The quantitative estimate of drug-likeness (QED) is 0.686. The van der Waals surface area contributed by atoms with Crippen LogP contribution in [0, 0.1) is 0 Å². The molecule has 0 bridgehead atoms. The van der Waals surface area contributed by atoms with Gasteiger partial charge in [0.1, 0.15) is 6.79 Å². The monoisotopic (exact) mass is 213 g/mol. The minimum absolute atomic E-state index is 0. The summed E-state index contributed by atoms with van der Waals surface area (Å²) < 4.78 is 0. The zero-order valence-electron chi connectivity index (χ0n) is 10.5. The fourth-order valence-corrected chi connectivity index (χ4v) is 1.02. The van der Waals surface area contributed by atoms with Gasteiger partial charge in [-0.2, -0.15) is 0 Å². The van der Waals surface area contributed by atoms with Gasteiger partial charge in [0.05, 0.1) is 0 Å². The molecule has 1 atom stereocenters. The summed E-state index contributed by atoms with van der Waals surface area (Å²) in [5.74, 6) is 0. The van der Waals surface area contributed by atoms with Gasteiger partial charge >= 0.3 is 0 Å². The van der Waals surface area contributed by atoms with Crippen molar-refractivity contribution < 1.29 is 6.22 Å². The summed E-state index contributed by atoms with van der Waals surface area (Å²) in [4.78, 5) is 8.00. The van der Waals surface area contributed by atoms with Gasteiger partial charge in [0.25, 0.3) is 0 Å². The number of carbonyl (C=O) groups excluding carboxylic acids is 1. The molecular formula is C13H27NO. The third-order valence-electron chi connectivity index (χ3n) is 2.11. The molecule has 0 heterocycles. The molecule has 2 nitrogen and oxygen atoms in total. The molecule has 0 saturated heterocycles. The van der Waals surface area contributed by atoms with E-state index in [1.165, 1.54) is 12.0 Å². The molecule has 0 aliphatic carbocycles. The second-order valence-electron chi connectivity index (χ2n) is 3.42. The number of nitrogens with one attached hydrogen (secondary N) is 1. The van der Waals surface area contributed by atoms with Crippen molar-refractivity contribution in [3.63, 3.8) is 0 Å². The summed E-state index contributed by atoms with van der Waals surface area (Å²) in [7, 11) is 0. The molecule has 15 heavy (non-hydrogen) atoms. The Morgan fingerprint density at radius 2 is 2.07 bits per heavy atom. The van der Waals surface area contributed by atoms with E-state index in [0.717, 1.165) is 13.0 Å².